The first-order valence-corrected chi connectivity index (χ1v) is 8.07. The van der Waals surface area contributed by atoms with E-state index in [2.05, 4.69) is 15.3 Å². The van der Waals surface area contributed by atoms with E-state index >= 15 is 0 Å². The molecule has 3 rings (SSSR count). The van der Waals surface area contributed by atoms with Crippen LogP contribution in [0.4, 0.5) is 11.4 Å². The number of amides is 1. The van der Waals surface area contributed by atoms with Crippen molar-refractivity contribution in [2.75, 3.05) is 5.32 Å². The standard InChI is InChI=1S/C19H16N4O4/c1-12-10-13(2)21-19(20-12)27-17-8-6-15(7-9-17)22-18(24)14-4-3-5-16(11-14)23(25)26/h3-11H,1-2H3,(H,22,24). The molecule has 1 aromatic heterocycles. The third kappa shape index (κ3) is 4.63. The summed E-state index contributed by atoms with van der Waals surface area (Å²) in [6.07, 6.45) is 0. The first-order valence-electron chi connectivity index (χ1n) is 8.07. The molecule has 8 nitrogen and oxygen atoms in total. The lowest BCUT2D eigenvalue weighted by molar-refractivity contribution is -0.384. The van der Waals surface area contributed by atoms with Gasteiger partial charge in [0.05, 0.1) is 4.92 Å². The van der Waals surface area contributed by atoms with Crippen molar-refractivity contribution in [3.8, 4) is 11.8 Å². The molecular weight excluding hydrogens is 348 g/mol. The summed E-state index contributed by atoms with van der Waals surface area (Å²) in [6, 6.07) is 14.3. The van der Waals surface area contributed by atoms with Crippen LogP contribution >= 0.6 is 0 Å². The van der Waals surface area contributed by atoms with Gasteiger partial charge in [0.25, 0.3) is 11.6 Å². The normalized spacial score (nSPS) is 10.3. The monoisotopic (exact) mass is 364 g/mol. The summed E-state index contributed by atoms with van der Waals surface area (Å²) < 4.78 is 5.62. The van der Waals surface area contributed by atoms with Crippen LogP contribution < -0.4 is 10.1 Å². The predicted molar refractivity (Wildman–Crippen MR) is 99.1 cm³/mol. The summed E-state index contributed by atoms with van der Waals surface area (Å²) in [5.74, 6) is 0.0818. The molecule has 2 aromatic carbocycles. The van der Waals surface area contributed by atoms with Crippen molar-refractivity contribution in [2.45, 2.75) is 13.8 Å². The van der Waals surface area contributed by atoms with Crippen molar-refractivity contribution in [3.63, 3.8) is 0 Å². The predicted octanol–water partition coefficient (Wildman–Crippen LogP) is 4.05. The lowest BCUT2D eigenvalue weighted by Crippen LogP contribution is -2.12. The number of nitro benzene ring substituents is 1. The van der Waals surface area contributed by atoms with Gasteiger partial charge < -0.3 is 10.1 Å². The zero-order chi connectivity index (χ0) is 19.4. The van der Waals surface area contributed by atoms with Gasteiger partial charge in [-0.2, -0.15) is 0 Å². The van der Waals surface area contributed by atoms with Crippen molar-refractivity contribution in [2.24, 2.45) is 0 Å². The van der Waals surface area contributed by atoms with Crippen molar-refractivity contribution in [3.05, 3.63) is 81.7 Å². The maximum atomic E-state index is 12.3. The number of ether oxygens (including phenoxy) is 1. The molecule has 3 aromatic rings. The number of nitro groups is 1. The summed E-state index contributed by atoms with van der Waals surface area (Å²) in [5.41, 5.74) is 2.20. The minimum Gasteiger partial charge on any atom is -0.424 e. The Labute approximate surface area is 155 Å². The van der Waals surface area contributed by atoms with Crippen molar-refractivity contribution in [1.29, 1.82) is 0 Å². The molecule has 0 fully saturated rings. The number of aryl methyl sites for hydroxylation is 2. The molecule has 8 heteroatoms. The number of carbonyl (C=O) groups excluding carboxylic acids is 1. The smallest absolute Gasteiger partial charge is 0.322 e. The van der Waals surface area contributed by atoms with Gasteiger partial charge in [-0.1, -0.05) is 6.07 Å². The van der Waals surface area contributed by atoms with E-state index < -0.39 is 10.8 Å². The number of non-ortho nitro benzene ring substituents is 1. The van der Waals surface area contributed by atoms with Gasteiger partial charge in [0, 0.05) is 34.8 Å². The Balaban J connectivity index is 1.69. The summed E-state index contributed by atoms with van der Waals surface area (Å²) >= 11 is 0. The molecule has 1 N–H and O–H groups in total. The number of aromatic nitrogens is 2. The molecule has 0 saturated heterocycles. The van der Waals surface area contributed by atoms with Gasteiger partial charge in [-0.05, 0) is 50.2 Å². The summed E-state index contributed by atoms with van der Waals surface area (Å²) in [7, 11) is 0. The van der Waals surface area contributed by atoms with Crippen LogP contribution in [0.1, 0.15) is 21.7 Å². The van der Waals surface area contributed by atoms with E-state index in [0.29, 0.717) is 11.4 Å². The van der Waals surface area contributed by atoms with Crippen LogP contribution in [0, 0.1) is 24.0 Å². The highest BCUT2D eigenvalue weighted by atomic mass is 16.6. The molecule has 0 unspecified atom stereocenters. The second kappa shape index (κ2) is 7.61. The molecule has 0 atom stereocenters. The van der Waals surface area contributed by atoms with Crippen LogP contribution in [0.5, 0.6) is 11.8 Å². The Morgan fingerprint density at radius 2 is 1.70 bits per heavy atom. The molecule has 0 aliphatic carbocycles. The minimum atomic E-state index is -0.544. The molecule has 1 amide bonds. The summed E-state index contributed by atoms with van der Waals surface area (Å²) in [4.78, 5) is 30.9. The highest BCUT2D eigenvalue weighted by molar-refractivity contribution is 6.04. The number of benzene rings is 2. The number of rotatable bonds is 5. The number of hydrogen-bond donors (Lipinski definition) is 1. The molecule has 0 aliphatic rings. The van der Waals surface area contributed by atoms with Crippen molar-refractivity contribution in [1.82, 2.24) is 9.97 Å². The fourth-order valence-corrected chi connectivity index (χ4v) is 2.41. The zero-order valence-electron chi connectivity index (χ0n) is 14.7. The summed E-state index contributed by atoms with van der Waals surface area (Å²) in [5, 5.41) is 13.5. The molecule has 0 aliphatic heterocycles. The van der Waals surface area contributed by atoms with Gasteiger partial charge in [0.2, 0.25) is 0 Å². The van der Waals surface area contributed by atoms with Crippen LogP contribution in [-0.4, -0.2) is 20.8 Å². The molecule has 1 heterocycles. The van der Waals surface area contributed by atoms with E-state index in [9.17, 15) is 14.9 Å². The van der Waals surface area contributed by atoms with Gasteiger partial charge in [0.1, 0.15) is 5.75 Å². The topological polar surface area (TPSA) is 107 Å². The Hall–Kier alpha value is -3.81. The van der Waals surface area contributed by atoms with Gasteiger partial charge in [-0.15, -0.1) is 0 Å². The Morgan fingerprint density at radius 1 is 1.04 bits per heavy atom. The first kappa shape index (κ1) is 18.0. The van der Waals surface area contributed by atoms with Crippen LogP contribution in [0.2, 0.25) is 0 Å². The van der Waals surface area contributed by atoms with Crippen LogP contribution in [0.25, 0.3) is 0 Å². The lowest BCUT2D eigenvalue weighted by Gasteiger charge is -2.08. The van der Waals surface area contributed by atoms with Gasteiger partial charge in [-0.3, -0.25) is 14.9 Å². The largest absolute Gasteiger partial charge is 0.424 e. The van der Waals surface area contributed by atoms with Crippen LogP contribution in [-0.2, 0) is 0 Å². The maximum Gasteiger partial charge on any atom is 0.322 e. The van der Waals surface area contributed by atoms with E-state index in [0.717, 1.165) is 11.4 Å². The molecular formula is C19H16N4O4. The number of carbonyl (C=O) groups is 1. The van der Waals surface area contributed by atoms with Crippen LogP contribution in [0.3, 0.4) is 0 Å². The molecule has 0 bridgehead atoms. The van der Waals surface area contributed by atoms with Crippen LogP contribution in [0.15, 0.2) is 54.6 Å². The highest BCUT2D eigenvalue weighted by Gasteiger charge is 2.12. The van der Waals surface area contributed by atoms with E-state index in [1.54, 1.807) is 24.3 Å². The third-order valence-electron chi connectivity index (χ3n) is 3.60. The van der Waals surface area contributed by atoms with E-state index in [4.69, 9.17) is 4.74 Å². The number of nitrogens with zero attached hydrogens (tertiary/aromatic N) is 3. The maximum absolute atomic E-state index is 12.3. The first-order chi connectivity index (χ1) is 12.9. The number of nitrogens with one attached hydrogen (secondary N) is 1. The average Bonchev–Trinajstić information content (AvgIpc) is 2.62. The van der Waals surface area contributed by atoms with E-state index in [-0.39, 0.29) is 17.3 Å². The SMILES string of the molecule is Cc1cc(C)nc(Oc2ccc(NC(=O)c3cccc([N+](=O)[O-])c3)cc2)n1. The van der Waals surface area contributed by atoms with Crippen molar-refractivity contribution >= 4 is 17.3 Å². The van der Waals surface area contributed by atoms with Gasteiger partial charge >= 0.3 is 6.01 Å². The van der Waals surface area contributed by atoms with E-state index in [1.165, 1.54) is 24.3 Å². The van der Waals surface area contributed by atoms with Gasteiger partial charge in [-0.25, -0.2) is 9.97 Å². The second-order valence-electron chi connectivity index (χ2n) is 5.82. The second-order valence-corrected chi connectivity index (χ2v) is 5.82. The molecule has 0 saturated carbocycles. The fourth-order valence-electron chi connectivity index (χ4n) is 2.41. The average molecular weight is 364 g/mol. The number of hydrogen-bond acceptors (Lipinski definition) is 6. The fraction of sp³-hybridized carbons (Fsp3) is 0.105. The Morgan fingerprint density at radius 3 is 2.33 bits per heavy atom. The Kier molecular flexibility index (Phi) is 5.07. The van der Waals surface area contributed by atoms with Crippen molar-refractivity contribution < 1.29 is 14.5 Å². The molecule has 0 radical (unpaired) electrons. The molecule has 0 spiro atoms. The van der Waals surface area contributed by atoms with E-state index in [1.807, 2.05) is 19.9 Å². The lowest BCUT2D eigenvalue weighted by atomic mass is 10.2. The molecule has 27 heavy (non-hydrogen) atoms. The quantitative estimate of drug-likeness (QED) is 0.541. The minimum absolute atomic E-state index is 0.139. The Bertz CT molecular complexity index is 983. The highest BCUT2D eigenvalue weighted by Crippen LogP contribution is 2.21. The number of anilines is 1. The molecule has 136 valence electrons. The van der Waals surface area contributed by atoms with Gasteiger partial charge in [0.15, 0.2) is 0 Å². The third-order valence-corrected chi connectivity index (χ3v) is 3.60. The summed E-state index contributed by atoms with van der Waals surface area (Å²) in [6.45, 7) is 3.71. The zero-order valence-corrected chi connectivity index (χ0v) is 14.7.